The highest BCUT2D eigenvalue weighted by Crippen LogP contribution is 2.67. The number of carboxylic acid groups (broad SMARTS) is 1. The van der Waals surface area contributed by atoms with Crippen LogP contribution in [0.3, 0.4) is 0 Å². The van der Waals surface area contributed by atoms with Gasteiger partial charge in [0.25, 0.3) is 0 Å². The van der Waals surface area contributed by atoms with Crippen molar-refractivity contribution >= 4 is 11.8 Å². The molecule has 4 nitrogen and oxygen atoms in total. The number of carbonyl (C=O) groups excluding carboxylic acids is 1. The monoisotopic (exact) mass is 554 g/mol. The Morgan fingerprint density at radius 2 is 1.75 bits per heavy atom. The van der Waals surface area contributed by atoms with Crippen LogP contribution in [0.5, 0.6) is 0 Å². The molecule has 5 aliphatic rings. The van der Waals surface area contributed by atoms with E-state index < -0.39 is 11.4 Å². The molecule has 4 saturated carbocycles. The van der Waals surface area contributed by atoms with Crippen LogP contribution >= 0.6 is 0 Å². The maximum Gasteiger partial charge on any atom is 0.317 e. The van der Waals surface area contributed by atoms with E-state index in [2.05, 4.69) is 40.7 Å². The number of Topliss-reactive ketones (excluding diaryl/α,β-unsaturated/α-hetero) is 1. The fraction of sp³-hybridized carbons (Fsp3) is 0.889. The lowest BCUT2D eigenvalue weighted by atomic mass is 9.47. The summed E-state index contributed by atoms with van der Waals surface area (Å²) in [6, 6.07) is 0. The van der Waals surface area contributed by atoms with E-state index in [-0.39, 0.29) is 11.9 Å². The lowest BCUT2D eigenvalue weighted by molar-refractivity contribution is -0.161. The van der Waals surface area contributed by atoms with Crippen LogP contribution in [-0.2, 0) is 14.3 Å². The summed E-state index contributed by atoms with van der Waals surface area (Å²) >= 11 is 0. The van der Waals surface area contributed by atoms with Gasteiger partial charge in [-0.25, -0.2) is 0 Å². The van der Waals surface area contributed by atoms with Gasteiger partial charge in [-0.1, -0.05) is 72.0 Å². The summed E-state index contributed by atoms with van der Waals surface area (Å²) in [5.74, 6) is 4.17. The third-order valence-corrected chi connectivity index (χ3v) is 13.3. The molecule has 0 spiro atoms. The minimum atomic E-state index is -1.09. The molecule has 1 N–H and O–H groups in total. The molecule has 5 rings (SSSR count). The molecule has 4 heteroatoms. The number of ether oxygens (including phenoxy) is 1. The van der Waals surface area contributed by atoms with Gasteiger partial charge in [-0.05, 0) is 117 Å². The van der Waals surface area contributed by atoms with E-state index in [4.69, 9.17) is 4.74 Å². The normalized spacial score (nSPS) is 39.0. The van der Waals surface area contributed by atoms with Crippen molar-refractivity contribution in [3.63, 3.8) is 0 Å². The van der Waals surface area contributed by atoms with E-state index in [1.165, 1.54) is 57.8 Å². The largest absolute Gasteiger partial charge is 0.480 e. The predicted molar refractivity (Wildman–Crippen MR) is 161 cm³/mol. The number of ketones is 1. The first-order valence-corrected chi connectivity index (χ1v) is 17.1. The van der Waals surface area contributed by atoms with Gasteiger partial charge in [-0.15, -0.1) is 0 Å². The van der Waals surface area contributed by atoms with Crippen LogP contribution in [0.1, 0.15) is 137 Å². The van der Waals surface area contributed by atoms with Crippen LogP contribution in [0.25, 0.3) is 0 Å². The summed E-state index contributed by atoms with van der Waals surface area (Å²) in [6.07, 6.45) is 20.3. The van der Waals surface area contributed by atoms with Gasteiger partial charge in [0, 0.05) is 13.0 Å². The van der Waals surface area contributed by atoms with Crippen LogP contribution in [0, 0.1) is 51.8 Å². The van der Waals surface area contributed by atoms with Crippen LogP contribution in [-0.4, -0.2) is 29.6 Å². The Bertz CT molecular complexity index is 962. The summed E-state index contributed by atoms with van der Waals surface area (Å²) in [4.78, 5) is 24.2. The molecule has 0 unspecified atom stereocenters. The van der Waals surface area contributed by atoms with E-state index in [1.54, 1.807) is 5.57 Å². The average molecular weight is 555 g/mol. The summed E-state index contributed by atoms with van der Waals surface area (Å²) in [7, 11) is 0. The smallest absolute Gasteiger partial charge is 0.317 e. The van der Waals surface area contributed by atoms with E-state index >= 15 is 0 Å². The minimum absolute atomic E-state index is 0.0875. The Hall–Kier alpha value is -1.16. The molecular weight excluding hydrogens is 496 g/mol. The number of fused-ring (bicyclic) bond motifs is 5. The molecule has 0 saturated heterocycles. The molecule has 4 fully saturated rings. The van der Waals surface area contributed by atoms with Crippen molar-refractivity contribution in [1.82, 2.24) is 0 Å². The summed E-state index contributed by atoms with van der Waals surface area (Å²) in [5.41, 5.74) is 1.44. The van der Waals surface area contributed by atoms with Crippen molar-refractivity contribution in [1.29, 1.82) is 0 Å². The molecule has 0 amide bonds. The van der Waals surface area contributed by atoms with Gasteiger partial charge < -0.3 is 9.84 Å². The zero-order valence-corrected chi connectivity index (χ0v) is 26.3. The molecular formula is C36H58O4. The summed E-state index contributed by atoms with van der Waals surface area (Å²) < 4.78 is 6.32. The van der Waals surface area contributed by atoms with Gasteiger partial charge in [0.2, 0.25) is 0 Å². The van der Waals surface area contributed by atoms with Gasteiger partial charge in [0.15, 0.2) is 0 Å². The maximum absolute atomic E-state index is 12.6. The topological polar surface area (TPSA) is 63.6 Å². The van der Waals surface area contributed by atoms with Gasteiger partial charge in [0.05, 0.1) is 6.10 Å². The Balaban J connectivity index is 1.14. The molecule has 5 aliphatic carbocycles. The molecule has 226 valence electrons. The second kappa shape index (κ2) is 11.8. The molecule has 0 aromatic carbocycles. The minimum Gasteiger partial charge on any atom is -0.480 e. The average Bonchev–Trinajstić information content (AvgIpc) is 3.22. The molecule has 0 radical (unpaired) electrons. The number of hydrogen-bond donors (Lipinski definition) is 1. The number of rotatable bonds is 12. The predicted octanol–water partition coefficient (Wildman–Crippen LogP) is 9.02. The first-order valence-electron chi connectivity index (χ1n) is 17.1. The summed E-state index contributed by atoms with van der Waals surface area (Å²) in [5, 5.41) is 9.52. The molecule has 0 aromatic heterocycles. The first-order chi connectivity index (χ1) is 19.0. The second-order valence-electron chi connectivity index (χ2n) is 15.8. The van der Waals surface area contributed by atoms with E-state index in [1.807, 2.05) is 0 Å². The number of carbonyl (C=O) groups is 2. The highest BCUT2D eigenvalue weighted by Gasteiger charge is 2.59. The Morgan fingerprint density at radius 3 is 2.42 bits per heavy atom. The molecule has 0 aromatic rings. The highest BCUT2D eigenvalue weighted by atomic mass is 16.5. The van der Waals surface area contributed by atoms with Crippen LogP contribution in [0.2, 0.25) is 0 Å². The zero-order chi connectivity index (χ0) is 28.7. The quantitative estimate of drug-likeness (QED) is 0.148. The zero-order valence-electron chi connectivity index (χ0n) is 26.3. The van der Waals surface area contributed by atoms with Crippen molar-refractivity contribution in [3.8, 4) is 0 Å². The van der Waals surface area contributed by atoms with Crippen molar-refractivity contribution in [2.75, 3.05) is 6.61 Å². The fourth-order valence-electron chi connectivity index (χ4n) is 10.7. The van der Waals surface area contributed by atoms with Gasteiger partial charge in [-0.2, -0.15) is 0 Å². The number of allylic oxidation sites excluding steroid dienone is 1. The molecule has 0 bridgehead atoms. The van der Waals surface area contributed by atoms with Gasteiger partial charge in [0.1, 0.15) is 11.2 Å². The van der Waals surface area contributed by atoms with Crippen molar-refractivity contribution < 1.29 is 19.4 Å². The number of hydrogen-bond acceptors (Lipinski definition) is 3. The van der Waals surface area contributed by atoms with Crippen molar-refractivity contribution in [2.24, 2.45) is 51.8 Å². The van der Waals surface area contributed by atoms with Gasteiger partial charge in [-0.3, -0.25) is 9.59 Å². The lowest BCUT2D eigenvalue weighted by Crippen LogP contribution is -2.51. The molecule has 8 atom stereocenters. The Kier molecular flexibility index (Phi) is 8.97. The fourth-order valence-corrected chi connectivity index (χ4v) is 10.7. The molecule has 0 heterocycles. The second-order valence-corrected chi connectivity index (χ2v) is 15.8. The Labute approximate surface area is 244 Å². The van der Waals surface area contributed by atoms with Crippen molar-refractivity contribution in [3.05, 3.63) is 11.6 Å². The first kappa shape index (κ1) is 30.3. The van der Waals surface area contributed by atoms with Gasteiger partial charge >= 0.3 is 5.97 Å². The van der Waals surface area contributed by atoms with Crippen LogP contribution in [0.4, 0.5) is 0 Å². The lowest BCUT2D eigenvalue weighted by Gasteiger charge is -2.58. The standard InChI is InChI=1S/C36H58O4/c1-24(2)9-6-10-25(3)29-14-15-30-28-13-12-26-23-27(16-20-34(26,4)31(28)17-21-35(29,30)5)40-22-7-11-32(37)36(33(38)39)18-8-19-36/h12,24-25,27-31H,6-11,13-23H2,1-5H3,(H,38,39)/t25-,27+,28+,29-,30+,31+,34+,35-/m1/s1. The van der Waals surface area contributed by atoms with E-state index in [9.17, 15) is 14.7 Å². The summed E-state index contributed by atoms with van der Waals surface area (Å²) in [6.45, 7) is 13.1. The molecule has 0 aliphatic heterocycles. The number of aliphatic carboxylic acids is 1. The van der Waals surface area contributed by atoms with E-state index in [0.717, 1.165) is 54.8 Å². The third kappa shape index (κ3) is 5.37. The third-order valence-electron chi connectivity index (χ3n) is 13.3. The maximum atomic E-state index is 12.6. The molecule has 40 heavy (non-hydrogen) atoms. The number of carboxylic acids is 1. The van der Waals surface area contributed by atoms with E-state index in [0.29, 0.717) is 43.1 Å². The Morgan fingerprint density at radius 1 is 0.975 bits per heavy atom. The van der Waals surface area contributed by atoms with Crippen LogP contribution in [0.15, 0.2) is 11.6 Å². The SMILES string of the molecule is CC(C)CCC[C@@H](C)[C@H]1CC[C@H]2[C@@H]3CC=C4C[C@@H](OCCCC(=O)C5(C(=O)O)CCC5)CC[C@]4(C)[C@H]3CC[C@]12C. The van der Waals surface area contributed by atoms with Crippen LogP contribution < -0.4 is 0 Å². The van der Waals surface area contributed by atoms with Crippen molar-refractivity contribution in [2.45, 2.75) is 143 Å². The highest BCUT2D eigenvalue weighted by molar-refractivity contribution is 6.03.